The van der Waals surface area contributed by atoms with Crippen LogP contribution in [0.25, 0.3) is 6.08 Å². The van der Waals surface area contributed by atoms with Crippen LogP contribution >= 0.6 is 0 Å². The molecule has 2 fully saturated rings. The number of esters is 1. The Morgan fingerprint density at radius 2 is 1.43 bits per heavy atom. The smallest absolute Gasteiger partial charge is 0.335 e. The minimum atomic E-state index is -1.12. The number of benzene rings is 4. The lowest BCUT2D eigenvalue weighted by Gasteiger charge is -2.36. The lowest BCUT2D eigenvalue weighted by atomic mass is 9.89. The minimum Gasteiger partial charge on any atom is -0.425 e. The fourth-order valence-electron chi connectivity index (χ4n) is 6.26. The van der Waals surface area contributed by atoms with Crippen LogP contribution in [0.1, 0.15) is 21.5 Å². The van der Waals surface area contributed by atoms with Gasteiger partial charge in [-0.25, -0.2) is 14.1 Å². The molecule has 3 heterocycles. The summed E-state index contributed by atoms with van der Waals surface area (Å²) in [5.74, 6) is -4.24. The Balaban J connectivity index is 1.23. The number of hydrogen-bond acceptors (Lipinski definition) is 6. The van der Waals surface area contributed by atoms with Crippen LogP contribution in [0.15, 0.2) is 109 Å². The highest BCUT2D eigenvalue weighted by Gasteiger charge is 2.65. The van der Waals surface area contributed by atoms with E-state index in [1.807, 2.05) is 42.5 Å². The predicted molar refractivity (Wildman–Crippen MR) is 153 cm³/mol. The number of rotatable bonds is 5. The van der Waals surface area contributed by atoms with Crippen LogP contribution in [0, 0.1) is 17.7 Å². The van der Waals surface area contributed by atoms with Crippen LogP contribution in [0.4, 0.5) is 15.8 Å². The first kappa shape index (κ1) is 25.6. The summed E-state index contributed by atoms with van der Waals surface area (Å²) in [6, 6.07) is 26.1. The molecule has 4 aromatic rings. The Hall–Kier alpha value is -5.37. The topological polar surface area (TPSA) is 84.0 Å². The predicted octanol–water partition coefficient (Wildman–Crippen LogP) is 5.05. The second-order valence-corrected chi connectivity index (χ2v) is 10.4. The molecule has 0 bridgehead atoms. The Morgan fingerprint density at radius 3 is 2.19 bits per heavy atom. The van der Waals surface area contributed by atoms with Gasteiger partial charge in [-0.3, -0.25) is 14.4 Å². The molecule has 0 saturated carbocycles. The molecule has 0 radical (unpaired) electrons. The van der Waals surface area contributed by atoms with Crippen molar-refractivity contribution < 1.29 is 28.3 Å². The number of hydrogen-bond donors (Lipinski definition) is 0. The molecule has 2 amide bonds. The average molecular weight is 559 g/mol. The van der Waals surface area contributed by atoms with Crippen molar-refractivity contribution >= 4 is 41.0 Å². The summed E-state index contributed by atoms with van der Waals surface area (Å²) in [5, 5.41) is 0. The van der Waals surface area contributed by atoms with E-state index in [1.54, 1.807) is 41.3 Å². The lowest BCUT2D eigenvalue weighted by Crippen LogP contribution is -2.50. The van der Waals surface area contributed by atoms with Crippen molar-refractivity contribution in [1.82, 2.24) is 0 Å². The number of nitrogens with zero attached hydrogens (tertiary/aromatic N) is 2. The average Bonchev–Trinajstić information content (AvgIpc) is 3.50. The Labute approximate surface area is 240 Å². The molecule has 4 aromatic carbocycles. The molecule has 7 nitrogen and oxygen atoms in total. The standard InChI is InChI=1S/C34H23FN2O5/c35-23-10-6-11-24(19-23)36-32(39)28-27-18-15-20-7-4-5-12-26(20)37(27)30(29(28)33(36)40)34(41)42-25-16-13-22(14-17-25)31(38)21-8-2-1-3-9-21/h1-19,27-30H/t27-,28-,29-,30+/m1/s1. The van der Waals surface area contributed by atoms with Crippen LogP contribution in [-0.4, -0.2) is 35.7 Å². The zero-order chi connectivity index (χ0) is 29.0. The number of fused-ring (bicyclic) bond motifs is 5. The largest absolute Gasteiger partial charge is 0.425 e. The number of para-hydroxylation sites is 1. The molecule has 3 aliphatic rings. The number of amides is 2. The van der Waals surface area contributed by atoms with E-state index in [9.17, 15) is 23.6 Å². The molecule has 0 aromatic heterocycles. The summed E-state index contributed by atoms with van der Waals surface area (Å²) in [4.78, 5) is 57.1. The molecular weight excluding hydrogens is 535 g/mol. The molecular formula is C34H23FN2O5. The molecule has 7 rings (SSSR count). The number of anilines is 2. The number of imide groups is 1. The Kier molecular flexibility index (Phi) is 6.04. The highest BCUT2D eigenvalue weighted by molar-refractivity contribution is 6.24. The van der Waals surface area contributed by atoms with Crippen molar-refractivity contribution in [2.24, 2.45) is 11.8 Å². The zero-order valence-corrected chi connectivity index (χ0v) is 22.1. The van der Waals surface area contributed by atoms with E-state index < -0.39 is 47.5 Å². The van der Waals surface area contributed by atoms with E-state index in [4.69, 9.17) is 4.74 Å². The van der Waals surface area contributed by atoms with E-state index in [0.717, 1.165) is 16.5 Å². The molecule has 2 saturated heterocycles. The molecule has 8 heteroatoms. The number of ketones is 1. The van der Waals surface area contributed by atoms with Crippen LogP contribution in [-0.2, 0) is 14.4 Å². The SMILES string of the molecule is O=C(c1ccccc1)c1ccc(OC(=O)[C@@H]2[C@@H]3C(=O)N(c4cccc(F)c4)C(=O)[C@@H]3[C@H]3C=Cc4ccccc4N32)cc1. The third-order valence-corrected chi connectivity index (χ3v) is 8.09. The van der Waals surface area contributed by atoms with Gasteiger partial charge in [0.05, 0.1) is 23.6 Å². The number of carbonyl (C=O) groups excluding carboxylic acids is 4. The van der Waals surface area contributed by atoms with Crippen LogP contribution < -0.4 is 14.5 Å². The Morgan fingerprint density at radius 1 is 0.738 bits per heavy atom. The summed E-state index contributed by atoms with van der Waals surface area (Å²) in [7, 11) is 0. The van der Waals surface area contributed by atoms with Gasteiger partial charge in [0.15, 0.2) is 5.78 Å². The van der Waals surface area contributed by atoms with Gasteiger partial charge in [-0.05, 0) is 54.1 Å². The van der Waals surface area contributed by atoms with Gasteiger partial charge in [-0.15, -0.1) is 0 Å². The van der Waals surface area contributed by atoms with Crippen LogP contribution in [0.5, 0.6) is 5.75 Å². The first-order chi connectivity index (χ1) is 20.4. The summed E-state index contributed by atoms with van der Waals surface area (Å²) in [6.45, 7) is 0. The first-order valence-corrected chi connectivity index (χ1v) is 13.5. The van der Waals surface area contributed by atoms with Gasteiger partial charge in [0, 0.05) is 16.8 Å². The van der Waals surface area contributed by atoms with E-state index in [2.05, 4.69) is 0 Å². The quantitative estimate of drug-likeness (QED) is 0.148. The van der Waals surface area contributed by atoms with Crippen molar-refractivity contribution in [3.05, 3.63) is 132 Å². The third kappa shape index (κ3) is 4.03. The molecule has 0 aliphatic carbocycles. The summed E-state index contributed by atoms with van der Waals surface area (Å²) in [5.41, 5.74) is 2.64. The third-order valence-electron chi connectivity index (χ3n) is 8.09. The van der Waals surface area contributed by atoms with E-state index >= 15 is 0 Å². The van der Waals surface area contributed by atoms with Crippen molar-refractivity contribution in [1.29, 1.82) is 0 Å². The van der Waals surface area contributed by atoms with Crippen molar-refractivity contribution in [2.45, 2.75) is 12.1 Å². The monoisotopic (exact) mass is 558 g/mol. The highest BCUT2D eigenvalue weighted by atomic mass is 19.1. The molecule has 42 heavy (non-hydrogen) atoms. The summed E-state index contributed by atoms with van der Waals surface area (Å²) >= 11 is 0. The van der Waals surface area contributed by atoms with Crippen molar-refractivity contribution in [3.63, 3.8) is 0 Å². The van der Waals surface area contributed by atoms with Gasteiger partial charge in [0.25, 0.3) is 0 Å². The van der Waals surface area contributed by atoms with Gasteiger partial charge in [0.2, 0.25) is 11.8 Å². The van der Waals surface area contributed by atoms with Gasteiger partial charge in [0.1, 0.15) is 17.6 Å². The van der Waals surface area contributed by atoms with Gasteiger partial charge < -0.3 is 9.64 Å². The fourth-order valence-corrected chi connectivity index (χ4v) is 6.26. The van der Waals surface area contributed by atoms with E-state index in [-0.39, 0.29) is 17.2 Å². The molecule has 3 aliphatic heterocycles. The maximum absolute atomic E-state index is 14.1. The second kappa shape index (κ2) is 9.92. The number of ether oxygens (including phenoxy) is 1. The van der Waals surface area contributed by atoms with Crippen LogP contribution in [0.3, 0.4) is 0 Å². The number of carbonyl (C=O) groups is 4. The number of halogens is 1. The van der Waals surface area contributed by atoms with E-state index in [1.165, 1.54) is 30.3 Å². The maximum Gasteiger partial charge on any atom is 0.335 e. The van der Waals surface area contributed by atoms with Gasteiger partial charge in [-0.2, -0.15) is 0 Å². The van der Waals surface area contributed by atoms with Crippen molar-refractivity contribution in [2.75, 3.05) is 9.80 Å². The highest BCUT2D eigenvalue weighted by Crippen LogP contribution is 2.49. The molecule has 206 valence electrons. The first-order valence-electron chi connectivity index (χ1n) is 13.5. The van der Waals surface area contributed by atoms with Gasteiger partial charge in [-0.1, -0.05) is 66.7 Å². The Bertz CT molecular complexity index is 1790. The summed E-state index contributed by atoms with van der Waals surface area (Å²) < 4.78 is 19.9. The lowest BCUT2D eigenvalue weighted by molar-refractivity contribution is -0.139. The maximum atomic E-state index is 14.1. The minimum absolute atomic E-state index is 0.122. The summed E-state index contributed by atoms with van der Waals surface area (Å²) in [6.07, 6.45) is 3.71. The van der Waals surface area contributed by atoms with Crippen molar-refractivity contribution in [3.8, 4) is 5.75 Å². The van der Waals surface area contributed by atoms with Crippen LogP contribution in [0.2, 0.25) is 0 Å². The molecule has 0 N–H and O–H groups in total. The molecule has 0 spiro atoms. The molecule has 0 unspecified atom stereocenters. The second-order valence-electron chi connectivity index (χ2n) is 10.4. The zero-order valence-electron chi connectivity index (χ0n) is 22.1. The van der Waals surface area contributed by atoms with Gasteiger partial charge >= 0.3 is 5.97 Å². The molecule has 4 atom stereocenters. The fraction of sp³-hybridized carbons (Fsp3) is 0.118. The van der Waals surface area contributed by atoms with E-state index in [0.29, 0.717) is 16.8 Å². The normalized spacial score (nSPS) is 22.0.